The third kappa shape index (κ3) is 5.97. The van der Waals surface area contributed by atoms with Crippen LogP contribution in [0, 0.1) is 6.92 Å². The fourth-order valence-corrected chi connectivity index (χ4v) is 5.64. The van der Waals surface area contributed by atoms with Gasteiger partial charge >= 0.3 is 5.97 Å². The second kappa shape index (κ2) is 10.3. The number of nitrogens with zero attached hydrogens (tertiary/aromatic N) is 2. The Hall–Kier alpha value is -2.67. The lowest BCUT2D eigenvalue weighted by Gasteiger charge is -2.12. The van der Waals surface area contributed by atoms with E-state index in [1.165, 1.54) is 25.3 Å². The van der Waals surface area contributed by atoms with Crippen LogP contribution in [-0.4, -0.2) is 43.4 Å². The molecule has 0 unspecified atom stereocenters. The number of carbonyl (C=O) groups excluding carboxylic acids is 2. The molecule has 0 fully saturated rings. The van der Waals surface area contributed by atoms with Crippen LogP contribution in [0.2, 0.25) is 5.02 Å². The number of aryl methyl sites for hydroxylation is 1. The summed E-state index contributed by atoms with van der Waals surface area (Å²) in [5.41, 5.74) is 1.21. The Balaban J connectivity index is 1.76. The number of aromatic nitrogens is 2. The SMILES string of the molecule is COC(=O)CSc1nnc(NC(=O)c2ccc(Cl)c(S(=O)(=O)Nc3ccccc3C)c2)s1. The van der Waals surface area contributed by atoms with Gasteiger partial charge < -0.3 is 4.74 Å². The fourth-order valence-electron chi connectivity index (χ4n) is 2.41. The average Bonchev–Trinajstić information content (AvgIpc) is 3.20. The van der Waals surface area contributed by atoms with Crippen molar-refractivity contribution in [1.29, 1.82) is 0 Å². The third-order valence-corrected chi connectivity index (χ3v) is 7.83. The van der Waals surface area contributed by atoms with Crippen molar-refractivity contribution in [2.24, 2.45) is 0 Å². The molecule has 1 amide bonds. The summed E-state index contributed by atoms with van der Waals surface area (Å²) < 4.78 is 33.3. The first-order chi connectivity index (χ1) is 15.2. The molecule has 0 aliphatic carbocycles. The molecule has 0 bridgehead atoms. The number of hydrogen-bond donors (Lipinski definition) is 2. The van der Waals surface area contributed by atoms with Crippen molar-refractivity contribution in [3.05, 3.63) is 58.6 Å². The van der Waals surface area contributed by atoms with Crippen LogP contribution in [-0.2, 0) is 19.6 Å². The van der Waals surface area contributed by atoms with Gasteiger partial charge in [0.05, 0.1) is 23.6 Å². The molecule has 1 heterocycles. The predicted octanol–water partition coefficient (Wildman–Crippen LogP) is 3.82. The van der Waals surface area contributed by atoms with Gasteiger partial charge in [-0.1, -0.05) is 52.9 Å². The summed E-state index contributed by atoms with van der Waals surface area (Å²) in [6.45, 7) is 1.77. The van der Waals surface area contributed by atoms with E-state index in [0.717, 1.165) is 28.7 Å². The monoisotopic (exact) mass is 512 g/mol. The summed E-state index contributed by atoms with van der Waals surface area (Å²) in [4.78, 5) is 23.6. The highest BCUT2D eigenvalue weighted by atomic mass is 35.5. The van der Waals surface area contributed by atoms with Crippen LogP contribution in [0.15, 0.2) is 51.7 Å². The molecule has 0 spiro atoms. The Labute approximate surface area is 197 Å². The summed E-state index contributed by atoms with van der Waals surface area (Å²) in [5, 5.41) is 10.4. The lowest BCUT2D eigenvalue weighted by Crippen LogP contribution is -2.17. The van der Waals surface area contributed by atoms with Gasteiger partial charge in [-0.25, -0.2) is 8.42 Å². The van der Waals surface area contributed by atoms with Crippen LogP contribution in [0.4, 0.5) is 10.8 Å². The largest absolute Gasteiger partial charge is 0.468 e. The Morgan fingerprint density at radius 3 is 2.66 bits per heavy atom. The average molecular weight is 513 g/mol. The maximum absolute atomic E-state index is 12.9. The molecule has 13 heteroatoms. The number of para-hydroxylation sites is 1. The van der Waals surface area contributed by atoms with Gasteiger partial charge in [-0.2, -0.15) is 0 Å². The number of ether oxygens (including phenoxy) is 1. The summed E-state index contributed by atoms with van der Waals surface area (Å²) in [5.74, 6) is -0.939. The van der Waals surface area contributed by atoms with Crippen LogP contribution >= 0.6 is 34.7 Å². The number of carbonyl (C=O) groups is 2. The zero-order valence-corrected chi connectivity index (χ0v) is 20.0. The van der Waals surface area contributed by atoms with E-state index in [4.69, 9.17) is 11.6 Å². The maximum Gasteiger partial charge on any atom is 0.316 e. The van der Waals surface area contributed by atoms with Crippen LogP contribution in [0.3, 0.4) is 0 Å². The second-order valence-electron chi connectivity index (χ2n) is 6.26. The highest BCUT2D eigenvalue weighted by molar-refractivity contribution is 8.01. The number of amides is 1. The normalized spacial score (nSPS) is 11.1. The highest BCUT2D eigenvalue weighted by Gasteiger charge is 2.21. The van der Waals surface area contributed by atoms with E-state index in [-0.39, 0.29) is 26.4 Å². The quantitative estimate of drug-likeness (QED) is 0.265. The minimum absolute atomic E-state index is 0.0277. The lowest BCUT2D eigenvalue weighted by atomic mass is 10.2. The molecule has 2 aromatic carbocycles. The molecule has 32 heavy (non-hydrogen) atoms. The van der Waals surface area contributed by atoms with Crippen molar-refractivity contribution in [2.45, 2.75) is 16.2 Å². The number of benzene rings is 2. The Bertz CT molecular complexity index is 1260. The zero-order chi connectivity index (χ0) is 23.3. The van der Waals surface area contributed by atoms with E-state index < -0.39 is 21.9 Å². The number of sulfonamides is 1. The molecule has 168 valence electrons. The molecule has 0 saturated carbocycles. The van der Waals surface area contributed by atoms with E-state index in [1.807, 2.05) is 0 Å². The van der Waals surface area contributed by atoms with Crippen LogP contribution in [0.5, 0.6) is 0 Å². The van der Waals surface area contributed by atoms with Gasteiger partial charge in [0.1, 0.15) is 4.90 Å². The molecular weight excluding hydrogens is 496 g/mol. The standard InChI is InChI=1S/C19H17ClN4O5S3/c1-11-5-3-4-6-14(11)24-32(27,28)15-9-12(7-8-13(15)20)17(26)21-18-22-23-19(31-18)30-10-16(25)29-2/h3-9,24H,10H2,1-2H3,(H,21,22,26). The van der Waals surface area contributed by atoms with Crippen molar-refractivity contribution < 1.29 is 22.7 Å². The number of halogens is 1. The van der Waals surface area contributed by atoms with E-state index in [2.05, 4.69) is 25.0 Å². The van der Waals surface area contributed by atoms with Gasteiger partial charge in [-0.3, -0.25) is 19.6 Å². The number of esters is 1. The first-order valence-corrected chi connectivity index (χ1v) is 12.6. The minimum atomic E-state index is -4.04. The number of hydrogen-bond acceptors (Lipinski definition) is 9. The molecule has 0 aliphatic rings. The van der Waals surface area contributed by atoms with E-state index >= 15 is 0 Å². The fraction of sp³-hybridized carbons (Fsp3) is 0.158. The minimum Gasteiger partial charge on any atom is -0.468 e. The Kier molecular flexibility index (Phi) is 7.72. The molecule has 3 rings (SSSR count). The number of anilines is 2. The van der Waals surface area contributed by atoms with E-state index in [9.17, 15) is 18.0 Å². The Morgan fingerprint density at radius 1 is 1.19 bits per heavy atom. The number of nitrogens with one attached hydrogen (secondary N) is 2. The van der Waals surface area contributed by atoms with Gasteiger partial charge in [0.25, 0.3) is 15.9 Å². The first kappa shape index (κ1) is 24.0. The summed E-state index contributed by atoms with van der Waals surface area (Å²) in [6.07, 6.45) is 0. The molecule has 0 radical (unpaired) electrons. The predicted molar refractivity (Wildman–Crippen MR) is 124 cm³/mol. The first-order valence-electron chi connectivity index (χ1n) is 8.92. The molecule has 9 nitrogen and oxygen atoms in total. The summed E-state index contributed by atoms with van der Waals surface area (Å²) >= 11 is 8.31. The number of methoxy groups -OCH3 is 1. The highest BCUT2D eigenvalue weighted by Crippen LogP contribution is 2.28. The van der Waals surface area contributed by atoms with Crippen molar-refractivity contribution in [2.75, 3.05) is 22.9 Å². The summed E-state index contributed by atoms with van der Waals surface area (Å²) in [6, 6.07) is 10.8. The molecule has 2 N–H and O–H groups in total. The van der Waals surface area contributed by atoms with Gasteiger partial charge in [0, 0.05) is 5.56 Å². The second-order valence-corrected chi connectivity index (χ2v) is 10.5. The molecule has 0 saturated heterocycles. The topological polar surface area (TPSA) is 127 Å². The summed E-state index contributed by atoms with van der Waals surface area (Å²) in [7, 11) is -2.76. The van der Waals surface area contributed by atoms with Crippen molar-refractivity contribution >= 4 is 67.4 Å². The van der Waals surface area contributed by atoms with Crippen LogP contribution in [0.25, 0.3) is 0 Å². The third-order valence-electron chi connectivity index (χ3n) is 4.04. The lowest BCUT2D eigenvalue weighted by molar-refractivity contribution is -0.137. The molecule has 3 aromatic rings. The van der Waals surface area contributed by atoms with Crippen molar-refractivity contribution in [3.63, 3.8) is 0 Å². The maximum atomic E-state index is 12.9. The molecule has 0 aliphatic heterocycles. The number of thioether (sulfide) groups is 1. The zero-order valence-electron chi connectivity index (χ0n) is 16.8. The smallest absolute Gasteiger partial charge is 0.316 e. The molecule has 1 aromatic heterocycles. The number of rotatable bonds is 8. The van der Waals surface area contributed by atoms with Gasteiger partial charge in [0.2, 0.25) is 5.13 Å². The Morgan fingerprint density at radius 2 is 1.94 bits per heavy atom. The van der Waals surface area contributed by atoms with Gasteiger partial charge in [-0.05, 0) is 36.8 Å². The molecule has 0 atom stereocenters. The van der Waals surface area contributed by atoms with E-state index in [1.54, 1.807) is 31.2 Å². The molecular formula is C19H17ClN4O5S3. The van der Waals surface area contributed by atoms with Crippen LogP contribution in [0.1, 0.15) is 15.9 Å². The van der Waals surface area contributed by atoms with Crippen molar-refractivity contribution in [1.82, 2.24) is 10.2 Å². The van der Waals surface area contributed by atoms with E-state index in [0.29, 0.717) is 10.0 Å². The van der Waals surface area contributed by atoms with Gasteiger partial charge in [0.15, 0.2) is 4.34 Å². The van der Waals surface area contributed by atoms with Crippen LogP contribution < -0.4 is 10.0 Å². The van der Waals surface area contributed by atoms with Crippen molar-refractivity contribution in [3.8, 4) is 0 Å². The van der Waals surface area contributed by atoms with Gasteiger partial charge in [-0.15, -0.1) is 10.2 Å².